The molecule has 4 aromatic rings. The summed E-state index contributed by atoms with van der Waals surface area (Å²) in [4.78, 5) is 36.6. The second-order valence-electron chi connectivity index (χ2n) is 9.34. The number of primary amides is 1. The van der Waals surface area contributed by atoms with Crippen molar-refractivity contribution in [1.82, 2.24) is 5.32 Å². The summed E-state index contributed by atoms with van der Waals surface area (Å²) in [6, 6.07) is 27.7. The summed E-state index contributed by atoms with van der Waals surface area (Å²) in [5.74, 6) is -3.21. The zero-order valence-corrected chi connectivity index (χ0v) is 21.2. The minimum atomic E-state index is -1.64. The number of fused-ring (bicyclic) bond motifs is 1. The van der Waals surface area contributed by atoms with E-state index in [0.29, 0.717) is 5.56 Å². The molecule has 0 heterocycles. The SMILES string of the molecule is NC(=O)NC(C(=O)O)C(CC(O)C(=O)OCc1cccc(Cc2ccccc2)c1)c1cccc2ccccc12. The number of aliphatic hydroxyl groups excluding tert-OH is 1. The van der Waals surface area contributed by atoms with E-state index in [1.165, 1.54) is 0 Å². The van der Waals surface area contributed by atoms with E-state index >= 15 is 0 Å². The molecule has 4 aromatic carbocycles. The summed E-state index contributed by atoms with van der Waals surface area (Å²) < 4.78 is 5.39. The Balaban J connectivity index is 1.50. The molecule has 39 heavy (non-hydrogen) atoms. The van der Waals surface area contributed by atoms with Gasteiger partial charge in [-0.2, -0.15) is 0 Å². The van der Waals surface area contributed by atoms with Crippen molar-refractivity contribution >= 4 is 28.7 Å². The highest BCUT2D eigenvalue weighted by atomic mass is 16.5. The molecule has 0 saturated heterocycles. The highest BCUT2D eigenvalue weighted by Crippen LogP contribution is 2.32. The van der Waals surface area contributed by atoms with Crippen LogP contribution >= 0.6 is 0 Å². The van der Waals surface area contributed by atoms with E-state index in [4.69, 9.17) is 10.5 Å². The number of carbonyl (C=O) groups is 3. The van der Waals surface area contributed by atoms with Crippen molar-refractivity contribution in [3.05, 3.63) is 119 Å². The van der Waals surface area contributed by atoms with Gasteiger partial charge in [0.15, 0.2) is 6.10 Å². The average molecular weight is 527 g/mol. The molecule has 0 fully saturated rings. The Labute approximate surface area is 226 Å². The zero-order valence-electron chi connectivity index (χ0n) is 21.2. The molecule has 3 unspecified atom stereocenters. The van der Waals surface area contributed by atoms with Crippen molar-refractivity contribution in [3.63, 3.8) is 0 Å². The first-order valence-corrected chi connectivity index (χ1v) is 12.5. The maximum absolute atomic E-state index is 12.8. The Hall–Kier alpha value is -4.69. The van der Waals surface area contributed by atoms with Crippen molar-refractivity contribution in [2.45, 2.75) is 37.5 Å². The van der Waals surface area contributed by atoms with E-state index in [-0.39, 0.29) is 13.0 Å². The van der Waals surface area contributed by atoms with Crippen LogP contribution in [0.25, 0.3) is 10.8 Å². The predicted molar refractivity (Wildman–Crippen MR) is 147 cm³/mol. The third-order valence-electron chi connectivity index (χ3n) is 6.56. The highest BCUT2D eigenvalue weighted by Gasteiger charge is 2.35. The lowest BCUT2D eigenvalue weighted by atomic mass is 9.83. The van der Waals surface area contributed by atoms with E-state index in [1.807, 2.05) is 78.9 Å². The minimum absolute atomic E-state index is 0.0562. The molecule has 200 valence electrons. The van der Waals surface area contributed by atoms with Gasteiger partial charge in [-0.1, -0.05) is 97.1 Å². The van der Waals surface area contributed by atoms with Crippen molar-refractivity contribution in [3.8, 4) is 0 Å². The molecule has 0 aromatic heterocycles. The average Bonchev–Trinajstić information content (AvgIpc) is 2.93. The molecule has 8 nitrogen and oxygen atoms in total. The molecule has 5 N–H and O–H groups in total. The predicted octanol–water partition coefficient (Wildman–Crippen LogP) is 4.13. The minimum Gasteiger partial charge on any atom is -0.480 e. The number of hydrogen-bond donors (Lipinski definition) is 4. The summed E-state index contributed by atoms with van der Waals surface area (Å²) in [6.07, 6.45) is -1.22. The first-order valence-electron chi connectivity index (χ1n) is 12.5. The number of nitrogens with two attached hydrogens (primary N) is 1. The van der Waals surface area contributed by atoms with E-state index in [0.717, 1.165) is 33.9 Å². The van der Waals surface area contributed by atoms with Crippen LogP contribution in [-0.4, -0.2) is 40.3 Å². The number of aliphatic carboxylic acids is 1. The topological polar surface area (TPSA) is 139 Å². The van der Waals surface area contributed by atoms with Gasteiger partial charge in [-0.3, -0.25) is 0 Å². The third kappa shape index (κ3) is 7.21. The van der Waals surface area contributed by atoms with Crippen LogP contribution in [0.1, 0.15) is 34.6 Å². The Morgan fingerprint density at radius 1 is 0.821 bits per heavy atom. The van der Waals surface area contributed by atoms with Gasteiger partial charge in [-0.25, -0.2) is 14.4 Å². The summed E-state index contributed by atoms with van der Waals surface area (Å²) in [5.41, 5.74) is 8.77. The number of aliphatic hydroxyl groups is 1. The molecule has 3 atom stereocenters. The molecule has 0 saturated carbocycles. The lowest BCUT2D eigenvalue weighted by molar-refractivity contribution is -0.156. The smallest absolute Gasteiger partial charge is 0.335 e. The fourth-order valence-corrected chi connectivity index (χ4v) is 4.75. The first kappa shape index (κ1) is 27.3. The number of hydrogen-bond acceptors (Lipinski definition) is 5. The van der Waals surface area contributed by atoms with E-state index in [1.54, 1.807) is 18.2 Å². The van der Waals surface area contributed by atoms with Gasteiger partial charge in [-0.15, -0.1) is 0 Å². The highest BCUT2D eigenvalue weighted by molar-refractivity contribution is 5.89. The molecular weight excluding hydrogens is 496 g/mol. The number of benzene rings is 4. The third-order valence-corrected chi connectivity index (χ3v) is 6.56. The van der Waals surface area contributed by atoms with E-state index in [9.17, 15) is 24.6 Å². The standard InChI is InChI=1S/C31H30N2O6/c32-31(38)33-28(29(35)36)26(25-15-7-13-23-12-4-5-14-24(23)25)18-27(34)30(37)39-19-22-11-6-10-21(17-22)16-20-8-2-1-3-9-20/h1-15,17,26-28,34H,16,18-19H2,(H,35,36)(H3,32,33,38). The zero-order chi connectivity index (χ0) is 27.8. The summed E-state index contributed by atoms with van der Waals surface area (Å²) in [5, 5.41) is 24.5. The van der Waals surface area contributed by atoms with Gasteiger partial charge in [0.25, 0.3) is 0 Å². The Morgan fingerprint density at radius 3 is 2.21 bits per heavy atom. The maximum Gasteiger partial charge on any atom is 0.335 e. The first-order chi connectivity index (χ1) is 18.8. The number of carbonyl (C=O) groups excluding carboxylic acids is 2. The largest absolute Gasteiger partial charge is 0.480 e. The Morgan fingerprint density at radius 2 is 1.46 bits per heavy atom. The molecule has 0 spiro atoms. The number of urea groups is 1. The van der Waals surface area contributed by atoms with Crippen LogP contribution in [0.2, 0.25) is 0 Å². The van der Waals surface area contributed by atoms with E-state index < -0.39 is 36.0 Å². The fraction of sp³-hybridized carbons (Fsp3) is 0.194. The lowest BCUT2D eigenvalue weighted by Crippen LogP contribution is -2.48. The summed E-state index contributed by atoms with van der Waals surface area (Å²) >= 11 is 0. The molecule has 0 aliphatic carbocycles. The van der Waals surface area contributed by atoms with Crippen LogP contribution in [0.5, 0.6) is 0 Å². The maximum atomic E-state index is 12.8. The van der Waals surface area contributed by atoms with Gasteiger partial charge in [0.1, 0.15) is 12.6 Å². The second kappa shape index (κ2) is 12.7. The van der Waals surface area contributed by atoms with Gasteiger partial charge < -0.3 is 26.0 Å². The Bertz CT molecular complexity index is 1450. The number of esters is 1. The number of rotatable bonds is 11. The van der Waals surface area contributed by atoms with Gasteiger partial charge in [0.05, 0.1) is 0 Å². The van der Waals surface area contributed by atoms with Gasteiger partial charge in [-0.05, 0) is 45.9 Å². The van der Waals surface area contributed by atoms with Crippen LogP contribution in [0, 0.1) is 0 Å². The normalized spacial score (nSPS) is 13.3. The van der Waals surface area contributed by atoms with Crippen LogP contribution < -0.4 is 11.1 Å². The molecule has 8 heteroatoms. The van der Waals surface area contributed by atoms with Crippen molar-refractivity contribution < 1.29 is 29.3 Å². The van der Waals surface area contributed by atoms with Crippen LogP contribution in [0.4, 0.5) is 4.79 Å². The fourth-order valence-electron chi connectivity index (χ4n) is 4.75. The van der Waals surface area contributed by atoms with Gasteiger partial charge in [0, 0.05) is 5.92 Å². The summed E-state index contributed by atoms with van der Waals surface area (Å²) in [7, 11) is 0. The molecule has 2 amide bonds. The number of nitrogens with one attached hydrogen (secondary N) is 1. The number of carboxylic acids is 1. The molecular formula is C31H30N2O6. The number of ether oxygens (including phenoxy) is 1. The molecule has 0 aliphatic heterocycles. The molecule has 4 rings (SSSR count). The lowest BCUT2D eigenvalue weighted by Gasteiger charge is -2.27. The number of carboxylic acid groups (broad SMARTS) is 1. The monoisotopic (exact) mass is 526 g/mol. The van der Waals surface area contributed by atoms with Crippen LogP contribution in [-0.2, 0) is 27.4 Å². The Kier molecular flexibility index (Phi) is 8.91. The van der Waals surface area contributed by atoms with E-state index in [2.05, 4.69) is 5.32 Å². The molecule has 0 aliphatic rings. The van der Waals surface area contributed by atoms with Crippen LogP contribution in [0.15, 0.2) is 97.1 Å². The van der Waals surface area contributed by atoms with Gasteiger partial charge >= 0.3 is 18.0 Å². The van der Waals surface area contributed by atoms with Gasteiger partial charge in [0.2, 0.25) is 0 Å². The van der Waals surface area contributed by atoms with Crippen molar-refractivity contribution in [1.29, 1.82) is 0 Å². The summed E-state index contributed by atoms with van der Waals surface area (Å²) in [6.45, 7) is -0.0562. The quantitative estimate of drug-likeness (QED) is 0.217. The second-order valence-corrected chi connectivity index (χ2v) is 9.34. The number of amides is 2. The van der Waals surface area contributed by atoms with Crippen molar-refractivity contribution in [2.24, 2.45) is 5.73 Å². The van der Waals surface area contributed by atoms with Crippen molar-refractivity contribution in [2.75, 3.05) is 0 Å². The molecule has 0 radical (unpaired) electrons. The molecule has 0 bridgehead atoms. The van der Waals surface area contributed by atoms with Crippen LogP contribution in [0.3, 0.4) is 0 Å².